The first kappa shape index (κ1) is 21.5. The molecule has 0 atom stereocenters. The van der Waals surface area contributed by atoms with Crippen LogP contribution in [0.5, 0.6) is 0 Å². The van der Waals surface area contributed by atoms with Crippen molar-refractivity contribution < 1.29 is 19.1 Å². The molecule has 0 aliphatic carbocycles. The summed E-state index contributed by atoms with van der Waals surface area (Å²) in [6.45, 7) is 3.42. The third-order valence-corrected chi connectivity index (χ3v) is 5.04. The van der Waals surface area contributed by atoms with Crippen LogP contribution in [-0.2, 0) is 4.74 Å². The maximum Gasteiger partial charge on any atom is 0.338 e. The van der Waals surface area contributed by atoms with E-state index in [0.29, 0.717) is 22.4 Å². The number of hydrogen-bond donors (Lipinski definition) is 1. The van der Waals surface area contributed by atoms with Gasteiger partial charge in [-0.05, 0) is 74.0 Å². The average Bonchev–Trinajstić information content (AvgIpc) is 2.74. The highest BCUT2D eigenvalue weighted by Crippen LogP contribution is 2.15. The predicted octanol–water partition coefficient (Wildman–Crippen LogP) is 5.36. The minimum absolute atomic E-state index is 0.247. The molecule has 3 aromatic carbocycles. The van der Waals surface area contributed by atoms with Gasteiger partial charge in [0.1, 0.15) is 0 Å². The topological polar surface area (TPSA) is 72.5 Å². The molecule has 0 unspecified atom stereocenters. The predicted molar refractivity (Wildman–Crippen MR) is 119 cm³/mol. The summed E-state index contributed by atoms with van der Waals surface area (Å²) in [6.07, 6.45) is 0. The molecule has 1 N–H and O–H groups in total. The lowest BCUT2D eigenvalue weighted by atomic mass is 10.0. The summed E-state index contributed by atoms with van der Waals surface area (Å²) in [7, 11) is 0. The van der Waals surface area contributed by atoms with Crippen molar-refractivity contribution in [1.29, 1.82) is 0 Å². The molecule has 0 bridgehead atoms. The van der Waals surface area contributed by atoms with E-state index in [1.54, 1.807) is 54.6 Å². The first-order chi connectivity index (χ1) is 14.3. The molecule has 3 rings (SSSR count). The van der Waals surface area contributed by atoms with Crippen LogP contribution in [0.1, 0.15) is 42.2 Å². The van der Waals surface area contributed by atoms with Crippen molar-refractivity contribution in [3.8, 4) is 0 Å². The fourth-order valence-corrected chi connectivity index (χ4v) is 3.09. The third kappa shape index (κ3) is 5.42. The molecule has 6 heteroatoms. The van der Waals surface area contributed by atoms with Crippen LogP contribution < -0.4 is 5.32 Å². The lowest BCUT2D eigenvalue weighted by molar-refractivity contribution is 0.0474. The Hall–Kier alpha value is -3.25. The molecule has 30 heavy (non-hydrogen) atoms. The number of Topliss-reactive ketones (excluding diaryl/α,β-unsaturated/α-hetero) is 1. The summed E-state index contributed by atoms with van der Waals surface area (Å²) in [6, 6.07) is 18.9. The number of hydrogen-bond acceptors (Lipinski definition) is 4. The smallest absolute Gasteiger partial charge is 0.338 e. The maximum atomic E-state index is 12.4. The van der Waals surface area contributed by atoms with Crippen molar-refractivity contribution in [1.82, 2.24) is 0 Å². The molecular weight excluding hydrogens is 446 g/mol. The van der Waals surface area contributed by atoms with E-state index in [-0.39, 0.29) is 18.3 Å². The Morgan fingerprint density at radius 2 is 1.50 bits per heavy atom. The molecule has 3 aromatic rings. The van der Waals surface area contributed by atoms with Crippen LogP contribution in [0.2, 0.25) is 0 Å². The van der Waals surface area contributed by atoms with Gasteiger partial charge in [0.15, 0.2) is 6.61 Å². The minimum Gasteiger partial charge on any atom is -0.454 e. The van der Waals surface area contributed by atoms with E-state index in [9.17, 15) is 14.4 Å². The van der Waals surface area contributed by atoms with Crippen molar-refractivity contribution in [3.63, 3.8) is 0 Å². The molecular formula is C24H20BrNO4. The highest BCUT2D eigenvalue weighted by atomic mass is 79.9. The zero-order valence-electron chi connectivity index (χ0n) is 16.6. The van der Waals surface area contributed by atoms with Crippen molar-refractivity contribution in [2.45, 2.75) is 13.8 Å². The Labute approximate surface area is 183 Å². The number of aryl methyl sites for hydroxylation is 2. The number of benzene rings is 3. The molecule has 0 saturated heterocycles. The van der Waals surface area contributed by atoms with Gasteiger partial charge in [0.05, 0.1) is 5.56 Å². The lowest BCUT2D eigenvalue weighted by Crippen LogP contribution is -2.15. The zero-order chi connectivity index (χ0) is 21.7. The normalized spacial score (nSPS) is 10.4. The molecule has 152 valence electrons. The Bertz CT molecular complexity index is 1090. The molecule has 0 aliphatic heterocycles. The van der Waals surface area contributed by atoms with Gasteiger partial charge in [-0.25, -0.2) is 4.79 Å². The van der Waals surface area contributed by atoms with E-state index in [1.807, 2.05) is 26.0 Å². The first-order valence-corrected chi connectivity index (χ1v) is 10.1. The number of anilines is 1. The molecule has 0 spiro atoms. The van der Waals surface area contributed by atoms with E-state index >= 15 is 0 Å². The van der Waals surface area contributed by atoms with E-state index < -0.39 is 5.97 Å². The van der Waals surface area contributed by atoms with Crippen LogP contribution in [-0.4, -0.2) is 24.3 Å². The second-order valence-corrected chi connectivity index (χ2v) is 7.77. The molecule has 0 radical (unpaired) electrons. The van der Waals surface area contributed by atoms with E-state index in [1.165, 1.54) is 0 Å². The third-order valence-electron chi connectivity index (χ3n) is 4.51. The van der Waals surface area contributed by atoms with Gasteiger partial charge in [-0.2, -0.15) is 0 Å². The zero-order valence-corrected chi connectivity index (χ0v) is 18.2. The highest BCUT2D eigenvalue weighted by Gasteiger charge is 2.14. The van der Waals surface area contributed by atoms with Gasteiger partial charge in [0.2, 0.25) is 5.78 Å². The van der Waals surface area contributed by atoms with Crippen molar-refractivity contribution in [2.24, 2.45) is 0 Å². The lowest BCUT2D eigenvalue weighted by Gasteiger charge is -2.09. The second-order valence-electron chi connectivity index (χ2n) is 6.86. The van der Waals surface area contributed by atoms with Gasteiger partial charge < -0.3 is 10.1 Å². The quantitative estimate of drug-likeness (QED) is 0.392. The molecule has 0 heterocycles. The van der Waals surface area contributed by atoms with Crippen LogP contribution in [0.15, 0.2) is 71.2 Å². The van der Waals surface area contributed by atoms with Gasteiger partial charge in [-0.3, -0.25) is 9.59 Å². The number of carbonyl (C=O) groups is 3. The van der Waals surface area contributed by atoms with E-state index in [0.717, 1.165) is 15.6 Å². The molecule has 0 aromatic heterocycles. The molecule has 0 aliphatic rings. The minimum atomic E-state index is -0.598. The summed E-state index contributed by atoms with van der Waals surface area (Å²) >= 11 is 3.33. The fourth-order valence-electron chi connectivity index (χ4n) is 2.82. The van der Waals surface area contributed by atoms with E-state index in [2.05, 4.69) is 21.2 Å². The number of rotatable bonds is 6. The number of amides is 1. The van der Waals surface area contributed by atoms with Crippen LogP contribution in [0.3, 0.4) is 0 Å². The summed E-state index contributed by atoms with van der Waals surface area (Å²) in [5.41, 5.74) is 3.72. The van der Waals surface area contributed by atoms with Gasteiger partial charge >= 0.3 is 5.97 Å². The molecule has 1 amide bonds. The van der Waals surface area contributed by atoms with Crippen molar-refractivity contribution in [3.05, 3.63) is 99.0 Å². The maximum absolute atomic E-state index is 12.4. The Kier molecular flexibility index (Phi) is 6.79. The molecule has 0 saturated carbocycles. The second kappa shape index (κ2) is 9.50. The Morgan fingerprint density at radius 1 is 0.867 bits per heavy atom. The SMILES string of the molecule is Cc1ccc(C)c(C(=O)COC(=O)c2ccc(NC(=O)c3ccc(Br)cc3)cc2)c1. The number of halogens is 1. The number of carbonyl (C=O) groups excluding carboxylic acids is 3. The largest absolute Gasteiger partial charge is 0.454 e. The first-order valence-electron chi connectivity index (χ1n) is 9.28. The molecule has 5 nitrogen and oxygen atoms in total. The Morgan fingerprint density at radius 3 is 2.17 bits per heavy atom. The van der Waals surface area contributed by atoms with Gasteiger partial charge in [-0.1, -0.05) is 33.6 Å². The van der Waals surface area contributed by atoms with E-state index in [4.69, 9.17) is 4.74 Å². The van der Waals surface area contributed by atoms with Gasteiger partial charge in [0.25, 0.3) is 5.91 Å². The standard InChI is InChI=1S/C24H20BrNO4/c1-15-3-4-16(2)21(13-15)22(27)14-30-24(29)18-7-11-20(12-8-18)26-23(28)17-5-9-19(25)10-6-17/h3-13H,14H2,1-2H3,(H,26,28). The fraction of sp³-hybridized carbons (Fsp3) is 0.125. The average molecular weight is 466 g/mol. The number of ketones is 1. The van der Waals surface area contributed by atoms with Crippen molar-refractivity contribution in [2.75, 3.05) is 11.9 Å². The number of esters is 1. The van der Waals surface area contributed by atoms with Crippen molar-refractivity contribution >= 4 is 39.3 Å². The summed E-state index contributed by atoms with van der Waals surface area (Å²) in [5.74, 6) is -1.10. The number of ether oxygens (including phenoxy) is 1. The molecule has 0 fully saturated rings. The van der Waals surface area contributed by atoms with Crippen LogP contribution >= 0.6 is 15.9 Å². The Balaban J connectivity index is 1.58. The number of nitrogens with one attached hydrogen (secondary N) is 1. The van der Waals surface area contributed by atoms with Gasteiger partial charge in [0, 0.05) is 21.3 Å². The monoisotopic (exact) mass is 465 g/mol. The van der Waals surface area contributed by atoms with Gasteiger partial charge in [-0.15, -0.1) is 0 Å². The summed E-state index contributed by atoms with van der Waals surface area (Å²) in [4.78, 5) is 36.9. The van der Waals surface area contributed by atoms with Crippen LogP contribution in [0.25, 0.3) is 0 Å². The highest BCUT2D eigenvalue weighted by molar-refractivity contribution is 9.10. The summed E-state index contributed by atoms with van der Waals surface area (Å²) < 4.78 is 6.05. The summed E-state index contributed by atoms with van der Waals surface area (Å²) in [5, 5.41) is 2.77. The van der Waals surface area contributed by atoms with Crippen LogP contribution in [0.4, 0.5) is 5.69 Å². The van der Waals surface area contributed by atoms with Crippen LogP contribution in [0, 0.1) is 13.8 Å².